The number of hydrogen-bond acceptors (Lipinski definition) is 1. The molecule has 90 valence electrons. The summed E-state index contributed by atoms with van der Waals surface area (Å²) in [5, 5.41) is 5.06. The summed E-state index contributed by atoms with van der Waals surface area (Å²) in [5.74, 6) is 0. The van der Waals surface area contributed by atoms with E-state index in [9.17, 15) is 0 Å². The molecule has 0 aromatic heterocycles. The second-order valence-corrected chi connectivity index (χ2v) is 5.41. The van der Waals surface area contributed by atoms with Crippen LogP contribution in [0.3, 0.4) is 0 Å². The summed E-state index contributed by atoms with van der Waals surface area (Å²) in [4.78, 5) is 0. The summed E-state index contributed by atoms with van der Waals surface area (Å²) in [7, 11) is 0. The van der Waals surface area contributed by atoms with Crippen molar-refractivity contribution in [2.24, 2.45) is 0 Å². The SMILES string of the molecule is [Li][CH2]CCCCCCCC1CCCCCN1. The van der Waals surface area contributed by atoms with Gasteiger partial charge in [-0.2, -0.15) is 0 Å². The van der Waals surface area contributed by atoms with Crippen LogP contribution in [0.1, 0.15) is 70.6 Å². The molecule has 0 aliphatic carbocycles. The topological polar surface area (TPSA) is 12.0 Å². The van der Waals surface area contributed by atoms with Gasteiger partial charge in [0.1, 0.15) is 0 Å². The molecule has 1 rings (SSSR count). The van der Waals surface area contributed by atoms with Gasteiger partial charge in [-0.1, -0.05) is 0 Å². The fourth-order valence-corrected chi connectivity index (χ4v) is 2.70. The van der Waals surface area contributed by atoms with Gasteiger partial charge in [0.2, 0.25) is 0 Å². The fourth-order valence-electron chi connectivity index (χ4n) is 2.70. The summed E-state index contributed by atoms with van der Waals surface area (Å²) in [6, 6.07) is 0.846. The van der Waals surface area contributed by atoms with Crippen molar-refractivity contribution >= 4 is 17.7 Å². The van der Waals surface area contributed by atoms with E-state index in [0.717, 1.165) is 6.04 Å². The van der Waals surface area contributed by atoms with E-state index in [4.69, 9.17) is 0 Å². The first-order chi connectivity index (χ1) is 7.93. The fraction of sp³-hybridized carbons (Fsp3) is 1.00. The number of hydrogen-bond donors (Lipinski definition) is 1. The summed E-state index contributed by atoms with van der Waals surface area (Å²) >= 11 is 2.29. The Hall–Kier alpha value is 0.557. The van der Waals surface area contributed by atoms with E-state index in [-0.39, 0.29) is 0 Å². The van der Waals surface area contributed by atoms with E-state index < -0.39 is 0 Å². The normalized spacial score (nSPS) is 22.0. The van der Waals surface area contributed by atoms with Crippen LogP contribution in [0, 0.1) is 0 Å². The zero-order chi connectivity index (χ0) is 11.5. The molecular formula is C14H28LiN. The second kappa shape index (κ2) is 10.7. The predicted octanol–water partition coefficient (Wildman–Crippen LogP) is 3.84. The van der Waals surface area contributed by atoms with Gasteiger partial charge in [0.05, 0.1) is 0 Å². The van der Waals surface area contributed by atoms with Crippen molar-refractivity contribution < 1.29 is 0 Å². The van der Waals surface area contributed by atoms with Gasteiger partial charge < -0.3 is 0 Å². The third-order valence-corrected chi connectivity index (χ3v) is 3.82. The minimum atomic E-state index is 0.846. The van der Waals surface area contributed by atoms with Crippen molar-refractivity contribution in [2.45, 2.75) is 81.8 Å². The van der Waals surface area contributed by atoms with Crippen molar-refractivity contribution in [3.63, 3.8) is 0 Å². The summed E-state index contributed by atoms with van der Waals surface area (Å²) in [6.45, 7) is 1.27. The summed E-state index contributed by atoms with van der Waals surface area (Å²) in [5.41, 5.74) is 0. The van der Waals surface area contributed by atoms with Gasteiger partial charge in [0, 0.05) is 0 Å². The molecule has 1 atom stereocenters. The van der Waals surface area contributed by atoms with Crippen LogP contribution in [0.25, 0.3) is 0 Å². The molecule has 0 aromatic rings. The Bertz CT molecular complexity index is 142. The molecule has 0 amide bonds. The van der Waals surface area contributed by atoms with Crippen LogP contribution in [0.4, 0.5) is 0 Å². The van der Waals surface area contributed by atoms with Crippen molar-refractivity contribution in [1.29, 1.82) is 0 Å². The molecule has 1 heterocycles. The summed E-state index contributed by atoms with van der Waals surface area (Å²) < 4.78 is 0. The van der Waals surface area contributed by atoms with E-state index in [0.29, 0.717) is 0 Å². The Morgan fingerprint density at radius 1 is 0.875 bits per heavy atom. The quantitative estimate of drug-likeness (QED) is 0.481. The molecule has 0 radical (unpaired) electrons. The monoisotopic (exact) mass is 217 g/mol. The molecule has 2 heteroatoms. The van der Waals surface area contributed by atoms with Gasteiger partial charge >= 0.3 is 111 Å². The molecule has 1 aliphatic rings. The molecule has 0 aromatic carbocycles. The Morgan fingerprint density at radius 2 is 1.62 bits per heavy atom. The first-order valence-electron chi connectivity index (χ1n) is 7.67. The van der Waals surface area contributed by atoms with Crippen LogP contribution in [-0.4, -0.2) is 30.3 Å². The molecule has 0 spiro atoms. The maximum atomic E-state index is 3.69. The first-order valence-corrected chi connectivity index (χ1v) is 7.67. The maximum absolute atomic E-state index is 3.69. The number of nitrogens with one attached hydrogen (secondary N) is 1. The average molecular weight is 217 g/mol. The number of rotatable bonds is 8. The van der Waals surface area contributed by atoms with Crippen molar-refractivity contribution in [3.8, 4) is 0 Å². The van der Waals surface area contributed by atoms with Crippen molar-refractivity contribution in [2.75, 3.05) is 6.54 Å². The van der Waals surface area contributed by atoms with Gasteiger partial charge in [-0.25, -0.2) is 0 Å². The molecule has 16 heavy (non-hydrogen) atoms. The van der Waals surface area contributed by atoms with Crippen LogP contribution in [-0.2, 0) is 0 Å². The van der Waals surface area contributed by atoms with Gasteiger partial charge in [0.15, 0.2) is 0 Å². The van der Waals surface area contributed by atoms with Gasteiger partial charge in [0.25, 0.3) is 0 Å². The van der Waals surface area contributed by atoms with E-state index in [1.54, 1.807) is 0 Å². The van der Waals surface area contributed by atoms with Crippen molar-refractivity contribution in [1.82, 2.24) is 5.32 Å². The molecule has 1 unspecified atom stereocenters. The van der Waals surface area contributed by atoms with Crippen LogP contribution in [0.15, 0.2) is 0 Å². The van der Waals surface area contributed by atoms with Gasteiger partial charge in [-0.15, -0.1) is 0 Å². The second-order valence-electron chi connectivity index (χ2n) is 5.41. The van der Waals surface area contributed by atoms with E-state index in [2.05, 4.69) is 23.0 Å². The molecule has 0 saturated carbocycles. The van der Waals surface area contributed by atoms with Gasteiger partial charge in [-0.3, -0.25) is 0 Å². The van der Waals surface area contributed by atoms with Crippen LogP contribution < -0.4 is 5.32 Å². The Balaban J connectivity index is 1.86. The molecular weight excluding hydrogens is 189 g/mol. The predicted molar refractivity (Wildman–Crippen MR) is 73.1 cm³/mol. The van der Waals surface area contributed by atoms with Crippen LogP contribution in [0.5, 0.6) is 0 Å². The molecule has 1 saturated heterocycles. The van der Waals surface area contributed by atoms with E-state index in [1.807, 2.05) is 0 Å². The average Bonchev–Trinajstić information content (AvgIpc) is 2.56. The third kappa shape index (κ3) is 7.77. The van der Waals surface area contributed by atoms with E-state index in [1.165, 1.54) is 82.3 Å². The standard InChI is InChI=1S/C14H28N.Li/c1-2-3-4-5-6-8-11-14-12-9-7-10-13-15-14;/h14-15H,1-13H2;. The number of unbranched alkanes of at least 4 members (excludes halogenated alkanes) is 5. The van der Waals surface area contributed by atoms with Crippen LogP contribution in [0.2, 0.25) is 5.09 Å². The van der Waals surface area contributed by atoms with E-state index >= 15 is 0 Å². The molecule has 1 fully saturated rings. The molecule has 1 nitrogen and oxygen atoms in total. The molecule has 1 aliphatic heterocycles. The minimum absolute atomic E-state index is 0.846. The zero-order valence-electron chi connectivity index (χ0n) is 11.3. The summed E-state index contributed by atoms with van der Waals surface area (Å²) in [6.07, 6.45) is 15.9. The Labute approximate surface area is 111 Å². The van der Waals surface area contributed by atoms with Gasteiger partial charge in [-0.05, 0) is 0 Å². The Kier molecular flexibility index (Phi) is 9.77. The van der Waals surface area contributed by atoms with Crippen LogP contribution >= 0.6 is 0 Å². The third-order valence-electron chi connectivity index (χ3n) is 3.82. The zero-order valence-corrected chi connectivity index (χ0v) is 11.3. The Morgan fingerprint density at radius 3 is 2.44 bits per heavy atom. The molecule has 0 bridgehead atoms. The van der Waals surface area contributed by atoms with Crippen molar-refractivity contribution in [3.05, 3.63) is 0 Å². The first kappa shape index (κ1) is 14.6. The molecule has 1 N–H and O–H groups in total.